The Hall–Kier alpha value is -1.63. The minimum absolute atomic E-state index is 0.250. The Balaban J connectivity index is 0.000000758. The van der Waals surface area contributed by atoms with Crippen molar-refractivity contribution in [1.29, 1.82) is 0 Å². The van der Waals surface area contributed by atoms with E-state index in [4.69, 9.17) is 37.8 Å². The molecule has 0 spiro atoms. The number of hydrogen-bond donors (Lipinski definition) is 0. The van der Waals surface area contributed by atoms with Gasteiger partial charge in [-0.25, -0.2) is 9.67 Å². The maximum absolute atomic E-state index is 8.12. The number of hydrogen-bond acceptors (Lipinski definition) is 6. The Labute approximate surface area is 169 Å². The molecule has 3 rings (SSSR count). The molecule has 0 aliphatic carbocycles. The summed E-state index contributed by atoms with van der Waals surface area (Å²) < 4.78 is 2.97. The first-order chi connectivity index (χ1) is 12.3. The molecular formula is C17H15Cl2N3O2S2. The quantitative estimate of drug-likeness (QED) is 0.512. The van der Waals surface area contributed by atoms with Gasteiger partial charge in [0.1, 0.15) is 0 Å². The fourth-order valence-corrected chi connectivity index (χ4v) is 4.79. The van der Waals surface area contributed by atoms with Gasteiger partial charge in [0.15, 0.2) is 0 Å². The Bertz CT molecular complexity index is 932. The molecule has 0 unspecified atom stereocenters. The molecule has 5 nitrogen and oxygen atoms in total. The van der Waals surface area contributed by atoms with Crippen LogP contribution in [0.4, 0.5) is 0 Å². The normalized spacial score (nSPS) is 10.4. The average molecular weight is 428 g/mol. The molecular weight excluding hydrogens is 413 g/mol. The predicted octanol–water partition coefficient (Wildman–Crippen LogP) is 5.53. The third-order valence-electron chi connectivity index (χ3n) is 3.04. The molecule has 3 aromatic rings. The lowest BCUT2D eigenvalue weighted by Crippen LogP contribution is -1.94. The highest BCUT2D eigenvalue weighted by Gasteiger charge is 2.17. The van der Waals surface area contributed by atoms with Gasteiger partial charge in [-0.15, -0.1) is 11.8 Å². The van der Waals surface area contributed by atoms with Crippen LogP contribution in [0.25, 0.3) is 16.4 Å². The van der Waals surface area contributed by atoms with Gasteiger partial charge in [0, 0.05) is 17.0 Å². The van der Waals surface area contributed by atoms with E-state index in [0.717, 1.165) is 26.3 Å². The molecule has 26 heavy (non-hydrogen) atoms. The Kier molecular flexibility index (Phi) is 7.43. The number of halogens is 2. The third-order valence-corrected chi connectivity index (χ3v) is 6.04. The van der Waals surface area contributed by atoms with E-state index in [1.165, 1.54) is 0 Å². The van der Waals surface area contributed by atoms with Gasteiger partial charge >= 0.3 is 6.15 Å². The van der Waals surface area contributed by atoms with E-state index in [1.807, 2.05) is 36.0 Å². The molecule has 1 aromatic carbocycles. The molecule has 9 heteroatoms. The van der Waals surface area contributed by atoms with E-state index in [9.17, 15) is 0 Å². The molecule has 0 saturated heterocycles. The van der Waals surface area contributed by atoms with Crippen molar-refractivity contribution in [3.8, 4) is 16.4 Å². The van der Waals surface area contributed by atoms with Gasteiger partial charge < -0.3 is 0 Å². The summed E-state index contributed by atoms with van der Waals surface area (Å²) in [7, 11) is 0. The number of thioether (sulfide) groups is 1. The smallest absolute Gasteiger partial charge is 0.217 e. The van der Waals surface area contributed by atoms with Crippen molar-refractivity contribution >= 4 is 52.5 Å². The molecule has 136 valence electrons. The summed E-state index contributed by atoms with van der Waals surface area (Å²) in [4.78, 5) is 21.0. The van der Waals surface area contributed by atoms with E-state index < -0.39 is 0 Å². The Morgan fingerprint density at radius 2 is 1.88 bits per heavy atom. The lowest BCUT2D eigenvalue weighted by atomic mass is 10.2. The maximum atomic E-state index is 8.12. The molecule has 2 aromatic heterocycles. The standard InChI is InChI=1S/C16H15Cl2N3S2.CO2/c1-9(2)22-15-14(11-4-5-12(17)13(18)8-11)19-16(23-15)21-7-6-10(3)20-21;2-1-3/h4-9H,1-3H3;. The van der Waals surface area contributed by atoms with E-state index in [-0.39, 0.29) is 6.15 Å². The second-order valence-corrected chi connectivity index (χ2v) is 9.05. The zero-order valence-electron chi connectivity index (χ0n) is 14.2. The Morgan fingerprint density at radius 1 is 1.19 bits per heavy atom. The van der Waals surface area contributed by atoms with E-state index in [2.05, 4.69) is 18.9 Å². The number of benzene rings is 1. The van der Waals surface area contributed by atoms with Crippen LogP contribution < -0.4 is 0 Å². The zero-order chi connectivity index (χ0) is 19.3. The third kappa shape index (κ3) is 5.19. The highest BCUT2D eigenvalue weighted by Crippen LogP contribution is 2.40. The van der Waals surface area contributed by atoms with Gasteiger partial charge in [-0.2, -0.15) is 14.7 Å². The molecule has 0 atom stereocenters. The first-order valence-electron chi connectivity index (χ1n) is 7.50. The fourth-order valence-electron chi connectivity index (χ4n) is 2.03. The monoisotopic (exact) mass is 427 g/mol. The summed E-state index contributed by atoms with van der Waals surface area (Å²) in [6, 6.07) is 7.59. The highest BCUT2D eigenvalue weighted by atomic mass is 35.5. The summed E-state index contributed by atoms with van der Waals surface area (Å²) in [6.07, 6.45) is 2.18. The summed E-state index contributed by atoms with van der Waals surface area (Å²) in [5.74, 6) is 0. The predicted molar refractivity (Wildman–Crippen MR) is 105 cm³/mol. The van der Waals surface area contributed by atoms with Crippen molar-refractivity contribution in [3.05, 3.63) is 46.2 Å². The molecule has 0 amide bonds. The van der Waals surface area contributed by atoms with Crippen LogP contribution in [-0.2, 0) is 9.59 Å². The van der Waals surface area contributed by atoms with Gasteiger partial charge in [0.2, 0.25) is 5.13 Å². The van der Waals surface area contributed by atoms with Crippen LogP contribution in [0.3, 0.4) is 0 Å². The number of rotatable bonds is 4. The number of aryl methyl sites for hydroxylation is 1. The molecule has 0 fully saturated rings. The van der Waals surface area contributed by atoms with Gasteiger partial charge in [0.05, 0.1) is 25.6 Å². The summed E-state index contributed by atoms with van der Waals surface area (Å²) in [5, 5.41) is 6.84. The second-order valence-electron chi connectivity index (χ2n) is 5.41. The van der Waals surface area contributed by atoms with Gasteiger partial charge in [0.25, 0.3) is 0 Å². The molecule has 0 saturated carbocycles. The molecule has 0 N–H and O–H groups in total. The maximum Gasteiger partial charge on any atom is 0.373 e. The number of thiazole rings is 1. The number of carbonyl (C=O) groups excluding carboxylic acids is 2. The van der Waals surface area contributed by atoms with E-state index in [1.54, 1.807) is 29.2 Å². The van der Waals surface area contributed by atoms with Crippen LogP contribution in [0.2, 0.25) is 10.0 Å². The van der Waals surface area contributed by atoms with Crippen molar-refractivity contribution in [2.24, 2.45) is 0 Å². The SMILES string of the molecule is Cc1ccn(-c2nc(-c3ccc(Cl)c(Cl)c3)c(SC(C)C)s2)n1.O=C=O. The van der Waals surface area contributed by atoms with Gasteiger partial charge in [-0.1, -0.05) is 54.5 Å². The lowest BCUT2D eigenvalue weighted by Gasteiger charge is -2.05. The summed E-state index contributed by atoms with van der Waals surface area (Å²) >= 11 is 15.6. The second kappa shape index (κ2) is 9.35. The van der Waals surface area contributed by atoms with Gasteiger partial charge in [-0.05, 0) is 25.1 Å². The van der Waals surface area contributed by atoms with Crippen molar-refractivity contribution in [2.45, 2.75) is 30.2 Å². The molecule has 2 heterocycles. The van der Waals surface area contributed by atoms with Crippen LogP contribution in [-0.4, -0.2) is 26.2 Å². The molecule has 0 aliphatic heterocycles. The highest BCUT2D eigenvalue weighted by molar-refractivity contribution is 8.01. The lowest BCUT2D eigenvalue weighted by molar-refractivity contribution is -0.191. The van der Waals surface area contributed by atoms with Crippen LogP contribution in [0.5, 0.6) is 0 Å². The summed E-state index contributed by atoms with van der Waals surface area (Å²) in [5.41, 5.74) is 2.86. The van der Waals surface area contributed by atoms with Gasteiger partial charge in [-0.3, -0.25) is 0 Å². The van der Waals surface area contributed by atoms with Crippen molar-refractivity contribution in [1.82, 2.24) is 14.8 Å². The minimum atomic E-state index is 0.250. The summed E-state index contributed by atoms with van der Waals surface area (Å²) in [6.45, 7) is 6.30. The number of aromatic nitrogens is 3. The minimum Gasteiger partial charge on any atom is -0.217 e. The van der Waals surface area contributed by atoms with Crippen LogP contribution in [0.1, 0.15) is 19.5 Å². The average Bonchev–Trinajstić information content (AvgIpc) is 3.17. The molecule has 0 aliphatic rings. The fraction of sp³-hybridized carbons (Fsp3) is 0.235. The van der Waals surface area contributed by atoms with E-state index in [0.29, 0.717) is 15.3 Å². The van der Waals surface area contributed by atoms with E-state index >= 15 is 0 Å². The molecule has 0 radical (unpaired) electrons. The zero-order valence-corrected chi connectivity index (χ0v) is 17.3. The van der Waals surface area contributed by atoms with Crippen molar-refractivity contribution in [3.63, 3.8) is 0 Å². The Morgan fingerprint density at radius 3 is 2.42 bits per heavy atom. The first kappa shape index (κ1) is 20.7. The largest absolute Gasteiger partial charge is 0.373 e. The van der Waals surface area contributed by atoms with Crippen LogP contribution >= 0.6 is 46.3 Å². The topological polar surface area (TPSA) is 64.8 Å². The van der Waals surface area contributed by atoms with Crippen molar-refractivity contribution < 1.29 is 9.59 Å². The first-order valence-corrected chi connectivity index (χ1v) is 9.95. The van der Waals surface area contributed by atoms with Crippen LogP contribution in [0.15, 0.2) is 34.7 Å². The number of nitrogens with zero attached hydrogens (tertiary/aromatic N) is 3. The van der Waals surface area contributed by atoms with Crippen LogP contribution in [0, 0.1) is 6.92 Å². The van der Waals surface area contributed by atoms with Crippen molar-refractivity contribution in [2.75, 3.05) is 0 Å². The molecule has 0 bridgehead atoms.